The molecule has 1 aliphatic rings. The van der Waals surface area contributed by atoms with Crippen molar-refractivity contribution < 1.29 is 9.53 Å². The van der Waals surface area contributed by atoms with E-state index in [1.165, 1.54) is 84.2 Å². The number of methoxy groups -OCH3 is 1. The fraction of sp³-hybridized carbons (Fsp3) is 0.947. The van der Waals surface area contributed by atoms with Gasteiger partial charge in [-0.3, -0.25) is 4.79 Å². The van der Waals surface area contributed by atoms with Crippen LogP contribution >= 0.6 is 0 Å². The molecule has 0 aromatic carbocycles. The van der Waals surface area contributed by atoms with E-state index in [1.54, 1.807) is 0 Å². The van der Waals surface area contributed by atoms with Crippen LogP contribution in [0.15, 0.2) is 0 Å². The smallest absolute Gasteiger partial charge is 0.305 e. The first-order chi connectivity index (χ1) is 10.3. The van der Waals surface area contributed by atoms with E-state index in [2.05, 4.69) is 11.7 Å². The van der Waals surface area contributed by atoms with E-state index in [1.807, 2.05) is 0 Å². The molecular formula is C19H36O2. The van der Waals surface area contributed by atoms with Crippen LogP contribution in [-0.2, 0) is 9.53 Å². The van der Waals surface area contributed by atoms with Crippen LogP contribution in [0.3, 0.4) is 0 Å². The minimum absolute atomic E-state index is 0.0619. The van der Waals surface area contributed by atoms with Crippen LogP contribution in [0.1, 0.15) is 96.8 Å². The number of rotatable bonds is 12. The highest BCUT2D eigenvalue weighted by molar-refractivity contribution is 5.68. The molecule has 1 saturated carbocycles. The lowest BCUT2D eigenvalue weighted by Crippen LogP contribution is -2.07. The van der Waals surface area contributed by atoms with Gasteiger partial charge in [-0.2, -0.15) is 0 Å². The molecular weight excluding hydrogens is 260 g/mol. The zero-order valence-corrected chi connectivity index (χ0v) is 14.4. The summed E-state index contributed by atoms with van der Waals surface area (Å²) < 4.78 is 4.65. The maximum atomic E-state index is 11.0. The molecule has 0 spiro atoms. The first kappa shape index (κ1) is 18.5. The molecule has 1 rings (SSSR count). The van der Waals surface area contributed by atoms with Crippen LogP contribution in [0.2, 0.25) is 0 Å². The summed E-state index contributed by atoms with van der Waals surface area (Å²) in [6, 6.07) is 0. The van der Waals surface area contributed by atoms with Crippen molar-refractivity contribution in [1.29, 1.82) is 0 Å². The molecule has 0 aromatic heterocycles. The van der Waals surface area contributed by atoms with Crippen LogP contribution in [-0.4, -0.2) is 13.1 Å². The van der Waals surface area contributed by atoms with Crippen molar-refractivity contribution in [2.45, 2.75) is 96.8 Å². The van der Waals surface area contributed by atoms with E-state index in [4.69, 9.17) is 0 Å². The highest BCUT2D eigenvalue weighted by atomic mass is 16.5. The quantitative estimate of drug-likeness (QED) is 0.332. The van der Waals surface area contributed by atoms with Gasteiger partial charge in [0.1, 0.15) is 0 Å². The second-order valence-corrected chi connectivity index (χ2v) is 6.83. The fourth-order valence-electron chi connectivity index (χ4n) is 3.91. The number of ether oxygens (including phenoxy) is 1. The van der Waals surface area contributed by atoms with Gasteiger partial charge in [0.05, 0.1) is 7.11 Å². The molecule has 2 heteroatoms. The van der Waals surface area contributed by atoms with Crippen LogP contribution in [0.5, 0.6) is 0 Å². The van der Waals surface area contributed by atoms with Crippen LogP contribution in [0, 0.1) is 11.8 Å². The molecule has 0 amide bonds. The summed E-state index contributed by atoms with van der Waals surface area (Å²) in [5, 5.41) is 0. The first-order valence-electron chi connectivity index (χ1n) is 9.34. The van der Waals surface area contributed by atoms with E-state index < -0.39 is 0 Å². The van der Waals surface area contributed by atoms with Gasteiger partial charge in [0, 0.05) is 6.42 Å². The van der Waals surface area contributed by atoms with E-state index >= 15 is 0 Å². The number of carbonyl (C=O) groups excluding carboxylic acids is 1. The Kier molecular flexibility index (Phi) is 10.6. The van der Waals surface area contributed by atoms with Crippen molar-refractivity contribution in [3.05, 3.63) is 0 Å². The predicted molar refractivity (Wildman–Crippen MR) is 89.3 cm³/mol. The Morgan fingerprint density at radius 2 is 1.48 bits per heavy atom. The monoisotopic (exact) mass is 296 g/mol. The number of esters is 1. The summed E-state index contributed by atoms with van der Waals surface area (Å²) in [7, 11) is 1.47. The molecule has 124 valence electrons. The molecule has 1 aliphatic carbocycles. The van der Waals surface area contributed by atoms with Crippen molar-refractivity contribution >= 4 is 5.97 Å². The van der Waals surface area contributed by atoms with Gasteiger partial charge in [-0.25, -0.2) is 0 Å². The van der Waals surface area contributed by atoms with Gasteiger partial charge in [-0.05, 0) is 18.3 Å². The standard InChI is InChI=1S/C19H36O2/c1-3-12-17-14-11-15-18(17)13-9-7-5-4-6-8-10-16-19(20)21-2/h17-18H,3-16H2,1-2H3/t17-,18-/m0/s1. The summed E-state index contributed by atoms with van der Waals surface area (Å²) in [5.41, 5.74) is 0. The van der Waals surface area contributed by atoms with Crippen molar-refractivity contribution in [3.8, 4) is 0 Å². The molecule has 21 heavy (non-hydrogen) atoms. The molecule has 0 aliphatic heterocycles. The Bertz CT molecular complexity index is 262. The normalized spacial score (nSPS) is 21.6. The lowest BCUT2D eigenvalue weighted by atomic mass is 9.87. The number of carbonyl (C=O) groups is 1. The second kappa shape index (κ2) is 12.1. The van der Waals surface area contributed by atoms with Crippen LogP contribution in [0.4, 0.5) is 0 Å². The van der Waals surface area contributed by atoms with E-state index in [9.17, 15) is 4.79 Å². The molecule has 0 aromatic rings. The molecule has 0 heterocycles. The summed E-state index contributed by atoms with van der Waals surface area (Å²) >= 11 is 0. The largest absolute Gasteiger partial charge is 0.469 e. The molecule has 0 saturated heterocycles. The maximum Gasteiger partial charge on any atom is 0.305 e. The molecule has 0 radical (unpaired) electrons. The molecule has 2 nitrogen and oxygen atoms in total. The zero-order chi connectivity index (χ0) is 15.3. The Morgan fingerprint density at radius 3 is 2.10 bits per heavy atom. The van der Waals surface area contributed by atoms with Gasteiger partial charge in [0.2, 0.25) is 0 Å². The lowest BCUT2D eigenvalue weighted by Gasteiger charge is -2.18. The highest BCUT2D eigenvalue weighted by Gasteiger charge is 2.25. The van der Waals surface area contributed by atoms with E-state index in [0.29, 0.717) is 6.42 Å². The third-order valence-electron chi connectivity index (χ3n) is 5.16. The average Bonchev–Trinajstić information content (AvgIpc) is 2.93. The number of hydrogen-bond donors (Lipinski definition) is 0. The molecule has 0 N–H and O–H groups in total. The van der Waals surface area contributed by atoms with Crippen molar-refractivity contribution in [3.63, 3.8) is 0 Å². The Hall–Kier alpha value is -0.530. The third kappa shape index (κ3) is 8.48. The number of unbranched alkanes of at least 4 members (excludes halogenated alkanes) is 6. The van der Waals surface area contributed by atoms with Gasteiger partial charge in [-0.1, -0.05) is 84.0 Å². The Labute approximate surface area is 132 Å². The SMILES string of the molecule is CCC[C@H]1CCC[C@@H]1CCCCCCCCCC(=O)OC. The van der Waals surface area contributed by atoms with Crippen LogP contribution in [0.25, 0.3) is 0 Å². The topological polar surface area (TPSA) is 26.3 Å². The Morgan fingerprint density at radius 1 is 0.905 bits per heavy atom. The third-order valence-corrected chi connectivity index (χ3v) is 5.16. The highest BCUT2D eigenvalue weighted by Crippen LogP contribution is 2.38. The van der Waals surface area contributed by atoms with Gasteiger partial charge in [0.25, 0.3) is 0 Å². The minimum Gasteiger partial charge on any atom is -0.469 e. The second-order valence-electron chi connectivity index (χ2n) is 6.83. The van der Waals surface area contributed by atoms with Gasteiger partial charge in [0.15, 0.2) is 0 Å². The molecule has 0 unspecified atom stereocenters. The molecule has 1 fully saturated rings. The summed E-state index contributed by atoms with van der Waals surface area (Å²) in [5.74, 6) is 2.03. The minimum atomic E-state index is -0.0619. The maximum absolute atomic E-state index is 11.0. The zero-order valence-electron chi connectivity index (χ0n) is 14.4. The molecule has 2 atom stereocenters. The van der Waals surface area contributed by atoms with Crippen molar-refractivity contribution in [1.82, 2.24) is 0 Å². The van der Waals surface area contributed by atoms with E-state index in [-0.39, 0.29) is 5.97 Å². The van der Waals surface area contributed by atoms with Crippen LogP contribution < -0.4 is 0 Å². The van der Waals surface area contributed by atoms with Gasteiger partial charge in [-0.15, -0.1) is 0 Å². The summed E-state index contributed by atoms with van der Waals surface area (Å²) in [6.45, 7) is 2.33. The van der Waals surface area contributed by atoms with Crippen molar-refractivity contribution in [2.24, 2.45) is 11.8 Å². The average molecular weight is 296 g/mol. The summed E-state index contributed by atoms with van der Waals surface area (Å²) in [4.78, 5) is 11.0. The van der Waals surface area contributed by atoms with Gasteiger partial charge >= 0.3 is 5.97 Å². The fourth-order valence-corrected chi connectivity index (χ4v) is 3.91. The molecule has 0 bridgehead atoms. The summed E-state index contributed by atoms with van der Waals surface area (Å²) in [6.07, 6.45) is 18.4. The first-order valence-corrected chi connectivity index (χ1v) is 9.34. The predicted octanol–water partition coefficient (Wildman–Crippen LogP) is 5.89. The lowest BCUT2D eigenvalue weighted by molar-refractivity contribution is -0.140. The van der Waals surface area contributed by atoms with Gasteiger partial charge < -0.3 is 4.74 Å². The number of hydrogen-bond acceptors (Lipinski definition) is 2. The van der Waals surface area contributed by atoms with Crippen molar-refractivity contribution in [2.75, 3.05) is 7.11 Å². The van der Waals surface area contributed by atoms with E-state index in [0.717, 1.165) is 18.3 Å². The Balaban J connectivity index is 1.87.